The molecule has 144 valence electrons. The van der Waals surface area contributed by atoms with Crippen LogP contribution < -0.4 is 5.32 Å². The van der Waals surface area contributed by atoms with Crippen LogP contribution in [0.5, 0.6) is 0 Å². The Morgan fingerprint density at radius 1 is 1.12 bits per heavy atom. The number of rotatable bonds is 11. The summed E-state index contributed by atoms with van der Waals surface area (Å²) in [5, 5.41) is 20.3. The van der Waals surface area contributed by atoms with E-state index in [1.807, 2.05) is 6.92 Å². The van der Waals surface area contributed by atoms with Gasteiger partial charge in [-0.3, -0.25) is 4.79 Å². The van der Waals surface area contributed by atoms with Gasteiger partial charge in [-0.1, -0.05) is 44.4 Å². The van der Waals surface area contributed by atoms with Crippen molar-refractivity contribution >= 4 is 18.0 Å². The number of esters is 1. The first-order valence-electron chi connectivity index (χ1n) is 9.11. The summed E-state index contributed by atoms with van der Waals surface area (Å²) < 4.78 is 5.42. The van der Waals surface area contributed by atoms with E-state index in [1.165, 1.54) is 12.2 Å². The van der Waals surface area contributed by atoms with Gasteiger partial charge in [0.15, 0.2) is 12.4 Å². The molecule has 1 rings (SSSR count). The number of nitrogens with one attached hydrogen (secondary N) is 1. The van der Waals surface area contributed by atoms with Gasteiger partial charge in [-0.25, -0.2) is 4.79 Å². The number of benzene rings is 1. The molecule has 0 saturated carbocycles. The van der Waals surface area contributed by atoms with Crippen LogP contribution in [0, 0.1) is 0 Å². The van der Waals surface area contributed by atoms with Gasteiger partial charge < -0.3 is 20.3 Å². The topological polar surface area (TPSA) is 95.9 Å². The molecule has 1 amide bonds. The fourth-order valence-electron chi connectivity index (χ4n) is 2.41. The van der Waals surface area contributed by atoms with Crippen LogP contribution in [0.1, 0.15) is 61.9 Å². The Balaban J connectivity index is 2.70. The summed E-state index contributed by atoms with van der Waals surface area (Å²) >= 11 is 0. The zero-order chi connectivity index (χ0) is 19.4. The van der Waals surface area contributed by atoms with Crippen LogP contribution >= 0.6 is 0 Å². The lowest BCUT2D eigenvalue weighted by molar-refractivity contribution is -0.130. The molecule has 6 nitrogen and oxygen atoms in total. The molecule has 6 heteroatoms. The zero-order valence-electron chi connectivity index (χ0n) is 15.5. The van der Waals surface area contributed by atoms with Crippen LogP contribution in [0.2, 0.25) is 0 Å². The van der Waals surface area contributed by atoms with Gasteiger partial charge in [0.1, 0.15) is 0 Å². The molecule has 0 saturated heterocycles. The molecule has 0 aliphatic heterocycles. The highest BCUT2D eigenvalue weighted by Gasteiger charge is 2.22. The van der Waals surface area contributed by atoms with E-state index in [0.717, 1.165) is 31.2 Å². The van der Waals surface area contributed by atoms with Gasteiger partial charge in [-0.2, -0.15) is 0 Å². The second-order valence-electron chi connectivity index (χ2n) is 6.03. The molecule has 26 heavy (non-hydrogen) atoms. The van der Waals surface area contributed by atoms with Crippen molar-refractivity contribution < 1.29 is 24.5 Å². The lowest BCUT2D eigenvalue weighted by Gasteiger charge is -2.17. The number of aliphatic hydroxyl groups excluding tert-OH is 1. The quantitative estimate of drug-likeness (QED) is 0.319. The predicted molar refractivity (Wildman–Crippen MR) is 100 cm³/mol. The van der Waals surface area contributed by atoms with Crippen molar-refractivity contribution in [3.05, 3.63) is 41.5 Å². The summed E-state index contributed by atoms with van der Waals surface area (Å²) in [6, 6.07) is 6.49. The van der Waals surface area contributed by atoms with Crippen LogP contribution in [-0.4, -0.2) is 41.0 Å². The van der Waals surface area contributed by atoms with Gasteiger partial charge in [0, 0.05) is 6.54 Å². The van der Waals surface area contributed by atoms with E-state index < -0.39 is 18.4 Å². The van der Waals surface area contributed by atoms with Gasteiger partial charge in [-0.05, 0) is 43.5 Å². The minimum atomic E-state index is -1.52. The second-order valence-corrected chi connectivity index (χ2v) is 6.03. The molecule has 0 radical (unpaired) electrons. The highest BCUT2D eigenvalue weighted by molar-refractivity contribution is 5.92. The Labute approximate surface area is 154 Å². The number of likely N-dealkylation sites (N-methyl/N-ethyl adjacent to an activating group) is 1. The van der Waals surface area contributed by atoms with E-state index in [-0.39, 0.29) is 5.91 Å². The van der Waals surface area contributed by atoms with Crippen LogP contribution in [0.25, 0.3) is 6.08 Å². The standard InChI is InChI=1S/C20H29NO5/c1-3-5-6-7-8-17(19(24)21-4-2)26-20(25)16-12-9-15(10-13-16)11-14-18(22)23/h9-14,17-18,22-23H,3-8H2,1-2H3,(H,21,24)/b14-11+. The fraction of sp³-hybridized carbons (Fsp3) is 0.500. The van der Waals surface area contributed by atoms with Gasteiger partial charge in [0.2, 0.25) is 0 Å². The molecule has 1 atom stereocenters. The van der Waals surface area contributed by atoms with Crippen LogP contribution in [0.4, 0.5) is 0 Å². The summed E-state index contributed by atoms with van der Waals surface area (Å²) in [6.07, 6.45) is 4.96. The monoisotopic (exact) mass is 363 g/mol. The number of hydrogen-bond donors (Lipinski definition) is 3. The average Bonchev–Trinajstić information content (AvgIpc) is 2.63. The number of carbonyl (C=O) groups is 2. The Kier molecular flexibility index (Phi) is 10.3. The molecular formula is C20H29NO5. The highest BCUT2D eigenvalue weighted by Crippen LogP contribution is 2.13. The third-order valence-corrected chi connectivity index (χ3v) is 3.82. The predicted octanol–water partition coefficient (Wildman–Crippen LogP) is 2.64. The minimum absolute atomic E-state index is 0.270. The molecule has 0 fully saturated rings. The van der Waals surface area contributed by atoms with Crippen molar-refractivity contribution in [1.82, 2.24) is 5.32 Å². The minimum Gasteiger partial charge on any atom is -0.449 e. The largest absolute Gasteiger partial charge is 0.449 e. The summed E-state index contributed by atoms with van der Waals surface area (Å²) in [5.41, 5.74) is 1.06. The first-order valence-corrected chi connectivity index (χ1v) is 9.11. The normalized spacial score (nSPS) is 12.3. The maximum absolute atomic E-state index is 12.3. The number of aliphatic hydroxyl groups is 2. The van der Waals surface area contributed by atoms with Crippen molar-refractivity contribution in [2.24, 2.45) is 0 Å². The molecule has 1 unspecified atom stereocenters. The summed E-state index contributed by atoms with van der Waals surface area (Å²) in [5.74, 6) is -0.816. The molecular weight excluding hydrogens is 334 g/mol. The molecule has 3 N–H and O–H groups in total. The van der Waals surface area contributed by atoms with Crippen molar-refractivity contribution in [3.63, 3.8) is 0 Å². The Hall–Kier alpha value is -2.18. The Bertz CT molecular complexity index is 580. The maximum atomic E-state index is 12.3. The summed E-state index contributed by atoms with van der Waals surface area (Å²) in [6.45, 7) is 4.42. The lowest BCUT2D eigenvalue weighted by Crippen LogP contribution is -2.37. The first-order chi connectivity index (χ1) is 12.5. The number of ether oxygens (including phenoxy) is 1. The summed E-state index contributed by atoms with van der Waals surface area (Å²) in [7, 11) is 0. The van der Waals surface area contributed by atoms with Crippen molar-refractivity contribution in [3.8, 4) is 0 Å². The van der Waals surface area contributed by atoms with E-state index in [0.29, 0.717) is 18.5 Å². The van der Waals surface area contributed by atoms with Crippen molar-refractivity contribution in [2.75, 3.05) is 6.54 Å². The van der Waals surface area contributed by atoms with E-state index in [1.54, 1.807) is 24.3 Å². The zero-order valence-corrected chi connectivity index (χ0v) is 15.5. The Morgan fingerprint density at radius 3 is 2.38 bits per heavy atom. The van der Waals surface area contributed by atoms with Crippen LogP contribution in [0.3, 0.4) is 0 Å². The number of amides is 1. The second kappa shape index (κ2) is 12.2. The molecule has 0 spiro atoms. The number of unbranched alkanes of at least 4 members (excludes halogenated alkanes) is 3. The van der Waals surface area contributed by atoms with Gasteiger partial charge in [0.25, 0.3) is 5.91 Å². The summed E-state index contributed by atoms with van der Waals surface area (Å²) in [4.78, 5) is 24.5. The Morgan fingerprint density at radius 2 is 1.81 bits per heavy atom. The van der Waals surface area contributed by atoms with Gasteiger partial charge >= 0.3 is 5.97 Å². The van der Waals surface area contributed by atoms with E-state index in [4.69, 9.17) is 14.9 Å². The molecule has 0 aromatic heterocycles. The molecule has 1 aromatic carbocycles. The van der Waals surface area contributed by atoms with Crippen molar-refractivity contribution in [2.45, 2.75) is 58.3 Å². The molecule has 1 aromatic rings. The van der Waals surface area contributed by atoms with E-state index in [9.17, 15) is 9.59 Å². The van der Waals surface area contributed by atoms with Crippen LogP contribution in [-0.2, 0) is 9.53 Å². The van der Waals surface area contributed by atoms with E-state index in [2.05, 4.69) is 12.2 Å². The van der Waals surface area contributed by atoms with Crippen molar-refractivity contribution in [1.29, 1.82) is 0 Å². The third kappa shape index (κ3) is 8.27. The average molecular weight is 363 g/mol. The molecule has 0 heterocycles. The smallest absolute Gasteiger partial charge is 0.338 e. The van der Waals surface area contributed by atoms with E-state index >= 15 is 0 Å². The first kappa shape index (κ1) is 21.9. The SMILES string of the molecule is CCCCCCC(OC(=O)c1ccc(/C=C/C(O)O)cc1)C(=O)NCC. The van der Waals surface area contributed by atoms with Gasteiger partial charge in [0.05, 0.1) is 5.56 Å². The van der Waals surface area contributed by atoms with Gasteiger partial charge in [-0.15, -0.1) is 0 Å². The molecule has 0 aliphatic carbocycles. The fourth-order valence-corrected chi connectivity index (χ4v) is 2.41. The highest BCUT2D eigenvalue weighted by atomic mass is 16.5. The third-order valence-electron chi connectivity index (χ3n) is 3.82. The van der Waals surface area contributed by atoms with Crippen LogP contribution in [0.15, 0.2) is 30.3 Å². The molecule has 0 bridgehead atoms. The lowest BCUT2D eigenvalue weighted by atomic mass is 10.1. The number of carbonyl (C=O) groups excluding carboxylic acids is 2. The maximum Gasteiger partial charge on any atom is 0.338 e. The molecule has 0 aliphatic rings. The number of hydrogen-bond acceptors (Lipinski definition) is 5.